The van der Waals surface area contributed by atoms with Gasteiger partial charge in [0.25, 0.3) is 5.56 Å². The summed E-state index contributed by atoms with van der Waals surface area (Å²) in [4.78, 5) is 24.7. The summed E-state index contributed by atoms with van der Waals surface area (Å²) in [5.74, 6) is 0.808. The Morgan fingerprint density at radius 3 is 2.75 bits per heavy atom. The predicted octanol–water partition coefficient (Wildman–Crippen LogP) is 2.88. The number of fused-ring (bicyclic) bond motifs is 1. The summed E-state index contributed by atoms with van der Waals surface area (Å²) in [6.07, 6.45) is 5.25. The Morgan fingerprint density at radius 1 is 1.31 bits per heavy atom. The standard InChI is InChI=1S/C26H31N9O/c1-16-6-5-7-17-12-20(35(26(36)21(16)17)19-8-10-33(4)11-9-19)15-34-25(29-3)22(24(27)28-2)23(32-34)18-13-30-31-14-18/h5-7,12-14,19H,3,8-11,15H2,1-2,4H3,(H2,27,28)(H,30,31). The number of pyridine rings is 1. The number of hydrogen-bond donors (Lipinski definition) is 2. The Kier molecular flexibility index (Phi) is 6.27. The first-order chi connectivity index (χ1) is 17.4. The molecule has 4 heterocycles. The van der Waals surface area contributed by atoms with Crippen LogP contribution in [0.2, 0.25) is 0 Å². The average molecular weight is 486 g/mol. The highest BCUT2D eigenvalue weighted by atomic mass is 16.1. The average Bonchev–Trinajstić information content (AvgIpc) is 3.52. The molecule has 10 heteroatoms. The summed E-state index contributed by atoms with van der Waals surface area (Å²) in [6.45, 7) is 8.01. The van der Waals surface area contributed by atoms with Gasteiger partial charge < -0.3 is 15.2 Å². The van der Waals surface area contributed by atoms with Gasteiger partial charge in [0, 0.05) is 30.5 Å². The fourth-order valence-electron chi connectivity index (χ4n) is 5.19. The van der Waals surface area contributed by atoms with Crippen LogP contribution in [-0.2, 0) is 6.54 Å². The molecule has 0 atom stereocenters. The Labute approximate surface area is 209 Å². The summed E-state index contributed by atoms with van der Waals surface area (Å²) in [5.41, 5.74) is 10.1. The van der Waals surface area contributed by atoms with Crippen LogP contribution in [0.4, 0.5) is 5.82 Å². The van der Waals surface area contributed by atoms with Gasteiger partial charge in [-0.3, -0.25) is 14.9 Å². The summed E-state index contributed by atoms with van der Waals surface area (Å²) in [6, 6.07) is 8.18. The number of hydrogen-bond acceptors (Lipinski definition) is 6. The van der Waals surface area contributed by atoms with E-state index in [0.717, 1.165) is 53.5 Å². The molecule has 1 aliphatic rings. The zero-order valence-corrected chi connectivity index (χ0v) is 20.9. The maximum absolute atomic E-state index is 13.9. The zero-order valence-electron chi connectivity index (χ0n) is 20.9. The second-order valence-corrected chi connectivity index (χ2v) is 9.34. The summed E-state index contributed by atoms with van der Waals surface area (Å²) in [7, 11) is 3.75. The van der Waals surface area contributed by atoms with Crippen LogP contribution in [0.25, 0.3) is 22.0 Å². The van der Waals surface area contributed by atoms with Crippen molar-refractivity contribution in [1.82, 2.24) is 29.4 Å². The second kappa shape index (κ2) is 9.54. The molecule has 0 aliphatic carbocycles. The third kappa shape index (κ3) is 4.03. The van der Waals surface area contributed by atoms with E-state index in [4.69, 9.17) is 10.8 Å². The molecule has 1 fully saturated rings. The molecule has 0 unspecified atom stereocenters. The number of aromatic amines is 1. The van der Waals surface area contributed by atoms with E-state index in [2.05, 4.69) is 44.9 Å². The molecule has 3 aromatic heterocycles. The molecular formula is C26H31N9O. The molecule has 1 aromatic carbocycles. The fraction of sp³-hybridized carbons (Fsp3) is 0.346. The van der Waals surface area contributed by atoms with E-state index in [9.17, 15) is 4.79 Å². The number of piperidine rings is 1. The summed E-state index contributed by atoms with van der Waals surface area (Å²) < 4.78 is 3.73. The number of aliphatic imine (C=N–C) groups is 2. The van der Waals surface area contributed by atoms with Crippen molar-refractivity contribution in [2.45, 2.75) is 32.4 Å². The molecule has 1 aliphatic heterocycles. The normalized spacial score (nSPS) is 15.6. The highest BCUT2D eigenvalue weighted by Crippen LogP contribution is 2.32. The third-order valence-corrected chi connectivity index (χ3v) is 7.08. The number of likely N-dealkylation sites (tertiary alicyclic amines) is 1. The van der Waals surface area contributed by atoms with Crippen molar-refractivity contribution in [1.29, 1.82) is 0 Å². The predicted molar refractivity (Wildman–Crippen MR) is 143 cm³/mol. The van der Waals surface area contributed by atoms with Gasteiger partial charge in [0.15, 0.2) is 5.82 Å². The van der Waals surface area contributed by atoms with E-state index in [0.29, 0.717) is 29.5 Å². The summed E-state index contributed by atoms with van der Waals surface area (Å²) in [5, 5.41) is 13.4. The molecular weight excluding hydrogens is 454 g/mol. The van der Waals surface area contributed by atoms with Crippen LogP contribution in [0, 0.1) is 6.92 Å². The lowest BCUT2D eigenvalue weighted by molar-refractivity contribution is 0.216. The Bertz CT molecular complexity index is 1500. The molecule has 186 valence electrons. The number of nitrogens with two attached hydrogens (primary N) is 1. The first kappa shape index (κ1) is 23.7. The maximum atomic E-state index is 13.9. The third-order valence-electron chi connectivity index (χ3n) is 7.08. The van der Waals surface area contributed by atoms with Crippen molar-refractivity contribution in [2.24, 2.45) is 15.7 Å². The van der Waals surface area contributed by atoms with Gasteiger partial charge >= 0.3 is 0 Å². The molecule has 0 saturated carbocycles. The van der Waals surface area contributed by atoms with E-state index in [1.54, 1.807) is 24.1 Å². The summed E-state index contributed by atoms with van der Waals surface area (Å²) >= 11 is 0. The number of rotatable bonds is 6. The van der Waals surface area contributed by atoms with Crippen LogP contribution in [0.5, 0.6) is 0 Å². The fourth-order valence-corrected chi connectivity index (χ4v) is 5.19. The van der Waals surface area contributed by atoms with Gasteiger partial charge in [0.05, 0.1) is 23.7 Å². The molecule has 5 rings (SSSR count). The van der Waals surface area contributed by atoms with Crippen LogP contribution in [0.1, 0.15) is 35.7 Å². The highest BCUT2D eigenvalue weighted by molar-refractivity contribution is 6.06. The Balaban J connectivity index is 1.71. The largest absolute Gasteiger partial charge is 0.383 e. The lowest BCUT2D eigenvalue weighted by Gasteiger charge is -2.32. The van der Waals surface area contributed by atoms with Gasteiger partial charge in [-0.25, -0.2) is 9.67 Å². The first-order valence-corrected chi connectivity index (χ1v) is 12.0. The Hall–Kier alpha value is -4.05. The Morgan fingerprint density at radius 2 is 2.08 bits per heavy atom. The smallest absolute Gasteiger partial charge is 0.259 e. The number of nitrogens with zero attached hydrogens (tertiary/aromatic N) is 7. The van der Waals surface area contributed by atoms with Gasteiger partial charge in [-0.15, -0.1) is 0 Å². The van der Waals surface area contributed by atoms with Gasteiger partial charge in [0.2, 0.25) is 0 Å². The quantitative estimate of drug-likeness (QED) is 0.321. The molecule has 4 aromatic rings. The lowest BCUT2D eigenvalue weighted by Crippen LogP contribution is -2.37. The van der Waals surface area contributed by atoms with Crippen molar-refractivity contribution >= 4 is 29.1 Å². The zero-order chi connectivity index (χ0) is 25.4. The van der Waals surface area contributed by atoms with Gasteiger partial charge in [-0.2, -0.15) is 10.2 Å². The number of benzene rings is 1. The molecule has 0 radical (unpaired) electrons. The van der Waals surface area contributed by atoms with Gasteiger partial charge in [0.1, 0.15) is 11.5 Å². The number of aryl methyl sites for hydroxylation is 1. The van der Waals surface area contributed by atoms with Crippen LogP contribution in [-0.4, -0.2) is 69.2 Å². The minimum Gasteiger partial charge on any atom is -0.383 e. The number of H-pyrrole nitrogens is 1. The first-order valence-electron chi connectivity index (χ1n) is 12.0. The van der Waals surface area contributed by atoms with Gasteiger partial charge in [-0.05, 0) is 63.6 Å². The molecule has 0 spiro atoms. The van der Waals surface area contributed by atoms with Crippen LogP contribution < -0.4 is 11.3 Å². The minimum atomic E-state index is 0.0420. The lowest BCUT2D eigenvalue weighted by atomic mass is 10.0. The van der Waals surface area contributed by atoms with Crippen LogP contribution in [0.15, 0.2) is 51.4 Å². The molecule has 0 bridgehead atoms. The van der Waals surface area contributed by atoms with Crippen molar-refractivity contribution < 1.29 is 0 Å². The molecule has 1 saturated heterocycles. The van der Waals surface area contributed by atoms with Gasteiger partial charge in [-0.1, -0.05) is 18.2 Å². The van der Waals surface area contributed by atoms with E-state index >= 15 is 0 Å². The van der Waals surface area contributed by atoms with Crippen LogP contribution in [0.3, 0.4) is 0 Å². The monoisotopic (exact) mass is 485 g/mol. The van der Waals surface area contributed by atoms with Crippen molar-refractivity contribution in [3.05, 3.63) is 63.8 Å². The molecule has 36 heavy (non-hydrogen) atoms. The topological polar surface area (TPSA) is 122 Å². The SMILES string of the molecule is C=Nc1c(/C(N)=N\C)c(-c2cn[nH]c2)nn1Cc1cc2cccc(C)c2c(=O)n1C1CCN(C)CC1. The molecule has 0 amide bonds. The molecule has 10 nitrogen and oxygen atoms in total. The molecule has 3 N–H and O–H groups in total. The highest BCUT2D eigenvalue weighted by Gasteiger charge is 2.26. The van der Waals surface area contributed by atoms with Crippen molar-refractivity contribution in [2.75, 3.05) is 27.2 Å². The van der Waals surface area contributed by atoms with Crippen LogP contribution >= 0.6 is 0 Å². The van der Waals surface area contributed by atoms with E-state index in [1.165, 1.54) is 0 Å². The number of aromatic nitrogens is 5. The maximum Gasteiger partial charge on any atom is 0.259 e. The van der Waals surface area contributed by atoms with E-state index < -0.39 is 0 Å². The van der Waals surface area contributed by atoms with Crippen molar-refractivity contribution in [3.63, 3.8) is 0 Å². The number of amidine groups is 1. The number of nitrogens with one attached hydrogen (secondary N) is 1. The van der Waals surface area contributed by atoms with Crippen molar-refractivity contribution in [3.8, 4) is 11.3 Å². The van der Waals surface area contributed by atoms with E-state index in [1.807, 2.05) is 29.7 Å². The van der Waals surface area contributed by atoms with E-state index in [-0.39, 0.29) is 11.6 Å². The second-order valence-electron chi connectivity index (χ2n) is 9.34. The minimum absolute atomic E-state index is 0.0420.